The number of alkyl carbamates (subject to hydrolysis) is 2. The molecule has 1 atom stereocenters. The number of hydrogen-bond acceptors (Lipinski definition) is 4. The lowest BCUT2D eigenvalue weighted by Crippen LogP contribution is -2.35. The molecular weight excluding hydrogens is 320 g/mol. The molecule has 2 N–H and O–H groups in total. The molecule has 0 aromatic heterocycles. The molecule has 1 rings (SSSR count). The van der Waals surface area contributed by atoms with Gasteiger partial charge < -0.3 is 20.1 Å². The number of benzene rings is 1. The fourth-order valence-corrected chi connectivity index (χ4v) is 2.09. The van der Waals surface area contributed by atoms with Crippen molar-refractivity contribution in [1.82, 2.24) is 10.6 Å². The zero-order valence-corrected chi connectivity index (χ0v) is 15.6. The molecule has 0 saturated heterocycles. The van der Waals surface area contributed by atoms with Gasteiger partial charge in [0.2, 0.25) is 0 Å². The lowest BCUT2D eigenvalue weighted by molar-refractivity contribution is 0.0519. The monoisotopic (exact) mass is 350 g/mol. The zero-order chi connectivity index (χ0) is 18.7. The van der Waals surface area contributed by atoms with Gasteiger partial charge in [-0.1, -0.05) is 37.3 Å². The van der Waals surface area contributed by atoms with Gasteiger partial charge in [0.1, 0.15) is 12.2 Å². The van der Waals surface area contributed by atoms with Gasteiger partial charge in [0.15, 0.2) is 0 Å². The minimum Gasteiger partial charge on any atom is -0.445 e. The molecule has 0 fully saturated rings. The van der Waals surface area contributed by atoms with Crippen molar-refractivity contribution in [2.75, 3.05) is 13.1 Å². The van der Waals surface area contributed by atoms with Crippen molar-refractivity contribution < 1.29 is 19.1 Å². The molecular formula is C19H30N2O4. The maximum absolute atomic E-state index is 11.6. The summed E-state index contributed by atoms with van der Waals surface area (Å²) in [5, 5.41) is 5.48. The summed E-state index contributed by atoms with van der Waals surface area (Å²) in [6.45, 7) is 8.90. The van der Waals surface area contributed by atoms with Crippen molar-refractivity contribution in [3.63, 3.8) is 0 Å². The van der Waals surface area contributed by atoms with Crippen LogP contribution in [0.3, 0.4) is 0 Å². The second-order valence-electron chi connectivity index (χ2n) is 7.12. The number of carbonyl (C=O) groups is 2. The highest BCUT2D eigenvalue weighted by atomic mass is 16.6. The molecule has 1 aromatic carbocycles. The molecule has 0 aliphatic heterocycles. The maximum Gasteiger partial charge on any atom is 0.407 e. The lowest BCUT2D eigenvalue weighted by atomic mass is 10.1. The normalized spacial score (nSPS) is 12.2. The highest BCUT2D eigenvalue weighted by Gasteiger charge is 2.16. The highest BCUT2D eigenvalue weighted by Crippen LogP contribution is 2.08. The minimum atomic E-state index is -0.489. The van der Waals surface area contributed by atoms with E-state index >= 15 is 0 Å². The standard InChI is InChI=1S/C19H30N2O4/c1-15(13-21-18(23)25-19(2,3)4)9-8-12-20-17(22)24-14-16-10-6-5-7-11-16/h5-7,10-11,15H,8-9,12-14H2,1-4H3,(H,20,22)(H,21,23)/t15-/m0/s1. The van der Waals surface area contributed by atoms with Gasteiger partial charge in [-0.25, -0.2) is 9.59 Å². The molecule has 140 valence electrons. The number of hydrogen-bond donors (Lipinski definition) is 2. The lowest BCUT2D eigenvalue weighted by Gasteiger charge is -2.20. The van der Waals surface area contributed by atoms with E-state index in [1.165, 1.54) is 0 Å². The molecule has 0 bridgehead atoms. The van der Waals surface area contributed by atoms with Crippen LogP contribution in [0.1, 0.15) is 46.1 Å². The molecule has 0 radical (unpaired) electrons. The van der Waals surface area contributed by atoms with Crippen LogP contribution in [0.5, 0.6) is 0 Å². The number of carbonyl (C=O) groups excluding carboxylic acids is 2. The van der Waals surface area contributed by atoms with Crippen LogP contribution in [0, 0.1) is 5.92 Å². The molecule has 1 aromatic rings. The fraction of sp³-hybridized carbons (Fsp3) is 0.579. The van der Waals surface area contributed by atoms with Gasteiger partial charge >= 0.3 is 12.2 Å². The Kier molecular flexibility index (Phi) is 8.81. The maximum atomic E-state index is 11.6. The van der Waals surface area contributed by atoms with Crippen LogP contribution in [0.15, 0.2) is 30.3 Å². The third-order valence-electron chi connectivity index (χ3n) is 3.35. The Labute approximate surface area is 150 Å². The van der Waals surface area contributed by atoms with E-state index in [1.54, 1.807) is 0 Å². The average Bonchev–Trinajstić information content (AvgIpc) is 2.54. The minimum absolute atomic E-state index is 0.267. The first-order chi connectivity index (χ1) is 11.8. The van der Waals surface area contributed by atoms with E-state index in [-0.39, 0.29) is 6.61 Å². The van der Waals surface area contributed by atoms with Crippen LogP contribution < -0.4 is 10.6 Å². The first-order valence-electron chi connectivity index (χ1n) is 8.67. The molecule has 0 aliphatic rings. The van der Waals surface area contributed by atoms with Gasteiger partial charge in [-0.05, 0) is 45.1 Å². The quantitative estimate of drug-likeness (QED) is 0.698. The second kappa shape index (κ2) is 10.6. The molecule has 25 heavy (non-hydrogen) atoms. The zero-order valence-electron chi connectivity index (χ0n) is 15.6. The van der Waals surface area contributed by atoms with Gasteiger partial charge in [-0.3, -0.25) is 0 Å². The molecule has 2 amide bonds. The first-order valence-corrected chi connectivity index (χ1v) is 8.67. The third kappa shape index (κ3) is 11.0. The van der Waals surface area contributed by atoms with Crippen LogP contribution in [-0.2, 0) is 16.1 Å². The Hall–Kier alpha value is -2.24. The van der Waals surface area contributed by atoms with Gasteiger partial charge in [-0.2, -0.15) is 0 Å². The van der Waals surface area contributed by atoms with E-state index in [1.807, 2.05) is 58.0 Å². The second-order valence-corrected chi connectivity index (χ2v) is 7.12. The van der Waals surface area contributed by atoms with E-state index in [4.69, 9.17) is 9.47 Å². The summed E-state index contributed by atoms with van der Waals surface area (Å²) in [4.78, 5) is 23.2. The molecule has 0 saturated carbocycles. The van der Waals surface area contributed by atoms with Crippen LogP contribution in [0.25, 0.3) is 0 Å². The Morgan fingerprint density at radius 1 is 1.08 bits per heavy atom. The Morgan fingerprint density at radius 3 is 2.40 bits per heavy atom. The van der Waals surface area contributed by atoms with Crippen LogP contribution in [0.2, 0.25) is 0 Å². The fourth-order valence-electron chi connectivity index (χ4n) is 2.09. The highest BCUT2D eigenvalue weighted by molar-refractivity contribution is 5.67. The Morgan fingerprint density at radius 2 is 1.76 bits per heavy atom. The summed E-state index contributed by atoms with van der Waals surface area (Å²) < 4.78 is 10.3. The van der Waals surface area contributed by atoms with Gasteiger partial charge in [0.25, 0.3) is 0 Å². The van der Waals surface area contributed by atoms with Gasteiger partial charge in [0.05, 0.1) is 0 Å². The van der Waals surface area contributed by atoms with Crippen molar-refractivity contribution >= 4 is 12.2 Å². The smallest absolute Gasteiger partial charge is 0.407 e. The molecule has 6 nitrogen and oxygen atoms in total. The number of amides is 2. The predicted octanol–water partition coefficient (Wildman–Crippen LogP) is 3.85. The van der Waals surface area contributed by atoms with Crippen molar-refractivity contribution in [3.8, 4) is 0 Å². The molecule has 6 heteroatoms. The van der Waals surface area contributed by atoms with E-state index in [9.17, 15) is 9.59 Å². The molecule has 0 spiro atoms. The Balaban J connectivity index is 2.06. The first kappa shape index (κ1) is 20.8. The SMILES string of the molecule is C[C@@H](CCCNC(=O)OCc1ccccc1)CNC(=O)OC(C)(C)C. The van der Waals surface area contributed by atoms with E-state index in [2.05, 4.69) is 10.6 Å². The number of nitrogens with one attached hydrogen (secondary N) is 2. The van der Waals surface area contributed by atoms with Crippen molar-refractivity contribution in [1.29, 1.82) is 0 Å². The average molecular weight is 350 g/mol. The number of ether oxygens (including phenoxy) is 2. The van der Waals surface area contributed by atoms with Crippen molar-refractivity contribution in [2.45, 2.75) is 52.7 Å². The van der Waals surface area contributed by atoms with Crippen LogP contribution >= 0.6 is 0 Å². The van der Waals surface area contributed by atoms with Gasteiger partial charge in [-0.15, -0.1) is 0 Å². The summed E-state index contributed by atoms with van der Waals surface area (Å²) in [7, 11) is 0. The molecule has 0 heterocycles. The van der Waals surface area contributed by atoms with E-state index in [0.29, 0.717) is 19.0 Å². The van der Waals surface area contributed by atoms with Crippen molar-refractivity contribution in [2.24, 2.45) is 5.92 Å². The Bertz CT molecular complexity index is 526. The summed E-state index contributed by atoms with van der Waals surface area (Å²) in [6.07, 6.45) is 0.886. The van der Waals surface area contributed by atoms with E-state index in [0.717, 1.165) is 18.4 Å². The summed E-state index contributed by atoms with van der Waals surface area (Å²) >= 11 is 0. The van der Waals surface area contributed by atoms with Crippen LogP contribution in [-0.4, -0.2) is 30.9 Å². The van der Waals surface area contributed by atoms with Crippen molar-refractivity contribution in [3.05, 3.63) is 35.9 Å². The predicted molar refractivity (Wildman–Crippen MR) is 97.3 cm³/mol. The van der Waals surface area contributed by atoms with Crippen LogP contribution in [0.4, 0.5) is 9.59 Å². The molecule has 0 aliphatic carbocycles. The summed E-state index contributed by atoms with van der Waals surface area (Å²) in [6, 6.07) is 9.55. The van der Waals surface area contributed by atoms with Gasteiger partial charge in [0, 0.05) is 13.1 Å². The number of rotatable bonds is 8. The summed E-state index contributed by atoms with van der Waals surface area (Å²) in [5.74, 6) is 0.301. The third-order valence-corrected chi connectivity index (χ3v) is 3.35. The summed E-state index contributed by atoms with van der Waals surface area (Å²) in [5.41, 5.74) is 0.469. The topological polar surface area (TPSA) is 76.7 Å². The largest absolute Gasteiger partial charge is 0.445 e. The molecule has 0 unspecified atom stereocenters. The van der Waals surface area contributed by atoms with E-state index < -0.39 is 17.8 Å².